The number of methoxy groups -OCH3 is 2. The van der Waals surface area contributed by atoms with Crippen LogP contribution in [0.5, 0.6) is 5.75 Å². The van der Waals surface area contributed by atoms with Crippen molar-refractivity contribution in [3.8, 4) is 5.75 Å². The quantitative estimate of drug-likeness (QED) is 0.776. The molecule has 1 N–H and O–H groups in total. The van der Waals surface area contributed by atoms with Gasteiger partial charge in [-0.05, 0) is 13.0 Å². The van der Waals surface area contributed by atoms with Gasteiger partial charge in [0, 0.05) is 25.8 Å². The molecule has 0 saturated heterocycles. The molecule has 5 nitrogen and oxygen atoms in total. The van der Waals surface area contributed by atoms with Crippen LogP contribution in [0.1, 0.15) is 18.6 Å². The minimum atomic E-state index is -0.248. The molecule has 19 heavy (non-hydrogen) atoms. The Morgan fingerprint density at radius 3 is 2.68 bits per heavy atom. The summed E-state index contributed by atoms with van der Waals surface area (Å²) in [6, 6.07) is 7.58. The molecule has 0 aliphatic carbocycles. The molecule has 1 atom stereocenters. The molecule has 0 radical (unpaired) electrons. The number of nitrogens with one attached hydrogen (secondary N) is 1. The van der Waals surface area contributed by atoms with Gasteiger partial charge in [-0.25, -0.2) is 0 Å². The van der Waals surface area contributed by atoms with E-state index in [4.69, 9.17) is 14.2 Å². The Morgan fingerprint density at radius 2 is 2.05 bits per heavy atom. The third kappa shape index (κ3) is 4.89. The number of carbonyl (C=O) groups is 1. The zero-order valence-corrected chi connectivity index (χ0v) is 11.6. The van der Waals surface area contributed by atoms with Crippen LogP contribution >= 0.6 is 0 Å². The Morgan fingerprint density at radius 1 is 1.32 bits per heavy atom. The first-order valence-corrected chi connectivity index (χ1v) is 6.23. The first-order valence-electron chi connectivity index (χ1n) is 6.23. The van der Waals surface area contributed by atoms with Crippen LogP contribution in [0.15, 0.2) is 24.3 Å². The molecule has 0 heterocycles. The monoisotopic (exact) mass is 267 g/mol. The van der Waals surface area contributed by atoms with Gasteiger partial charge in [0.15, 0.2) is 0 Å². The largest absolute Gasteiger partial charge is 0.496 e. The summed E-state index contributed by atoms with van der Waals surface area (Å²) in [6.45, 7) is 2.81. The van der Waals surface area contributed by atoms with Crippen molar-refractivity contribution in [1.29, 1.82) is 0 Å². The average Bonchev–Trinajstić information content (AvgIpc) is 2.46. The second-order valence-corrected chi connectivity index (χ2v) is 3.91. The second-order valence-electron chi connectivity index (χ2n) is 3.91. The van der Waals surface area contributed by atoms with Crippen molar-refractivity contribution in [3.05, 3.63) is 29.8 Å². The molecule has 1 amide bonds. The highest BCUT2D eigenvalue weighted by atomic mass is 16.5. The van der Waals surface area contributed by atoms with Crippen LogP contribution in [0.25, 0.3) is 0 Å². The van der Waals surface area contributed by atoms with E-state index in [1.807, 2.05) is 31.2 Å². The molecule has 5 heteroatoms. The maximum absolute atomic E-state index is 11.5. The van der Waals surface area contributed by atoms with Crippen molar-refractivity contribution < 1.29 is 19.0 Å². The van der Waals surface area contributed by atoms with E-state index < -0.39 is 0 Å². The van der Waals surface area contributed by atoms with Crippen molar-refractivity contribution in [3.63, 3.8) is 0 Å². The van der Waals surface area contributed by atoms with Crippen molar-refractivity contribution >= 4 is 5.91 Å². The summed E-state index contributed by atoms with van der Waals surface area (Å²) in [6.07, 6.45) is -0.248. The van der Waals surface area contributed by atoms with E-state index in [2.05, 4.69) is 5.32 Å². The maximum atomic E-state index is 11.5. The number of benzene rings is 1. The molecule has 1 rings (SSSR count). The number of ether oxygens (including phenoxy) is 3. The summed E-state index contributed by atoms with van der Waals surface area (Å²) in [5.41, 5.74) is 0.907. The van der Waals surface area contributed by atoms with Gasteiger partial charge in [-0.3, -0.25) is 4.79 Å². The normalized spacial score (nSPS) is 11.9. The molecular weight excluding hydrogens is 246 g/mol. The number of carbonyl (C=O) groups excluding carboxylic acids is 1. The average molecular weight is 267 g/mol. The van der Waals surface area contributed by atoms with E-state index >= 15 is 0 Å². The second kappa shape index (κ2) is 8.50. The van der Waals surface area contributed by atoms with Crippen molar-refractivity contribution in [1.82, 2.24) is 5.32 Å². The summed E-state index contributed by atoms with van der Waals surface area (Å²) in [7, 11) is 3.21. The number of amides is 1. The first-order chi connectivity index (χ1) is 9.22. The lowest BCUT2D eigenvalue weighted by Gasteiger charge is -2.19. The molecule has 0 aromatic heterocycles. The molecule has 1 aromatic carbocycles. The van der Waals surface area contributed by atoms with Gasteiger partial charge in [-0.2, -0.15) is 0 Å². The SMILES string of the molecule is CCOCC(=O)NCC(OC)c1ccccc1OC. The van der Waals surface area contributed by atoms with Gasteiger partial charge in [0.1, 0.15) is 18.5 Å². The predicted octanol–water partition coefficient (Wildman–Crippen LogP) is 1.54. The van der Waals surface area contributed by atoms with Gasteiger partial charge in [0.05, 0.1) is 7.11 Å². The van der Waals surface area contributed by atoms with Crippen LogP contribution in [-0.4, -0.2) is 39.9 Å². The van der Waals surface area contributed by atoms with Crippen LogP contribution in [0.4, 0.5) is 0 Å². The van der Waals surface area contributed by atoms with E-state index in [0.717, 1.165) is 11.3 Å². The lowest BCUT2D eigenvalue weighted by molar-refractivity contribution is -0.126. The van der Waals surface area contributed by atoms with E-state index in [1.165, 1.54) is 0 Å². The van der Waals surface area contributed by atoms with Crippen LogP contribution < -0.4 is 10.1 Å². The summed E-state index contributed by atoms with van der Waals surface area (Å²) in [5, 5.41) is 2.77. The fourth-order valence-corrected chi connectivity index (χ4v) is 1.71. The Bertz CT molecular complexity index is 395. The van der Waals surface area contributed by atoms with Crippen molar-refractivity contribution in [2.45, 2.75) is 13.0 Å². The van der Waals surface area contributed by atoms with E-state index in [-0.39, 0.29) is 18.6 Å². The molecule has 0 aliphatic rings. The Kier molecular flexibility index (Phi) is 6.92. The standard InChI is InChI=1S/C14H21NO4/c1-4-19-10-14(16)15-9-13(18-3)11-7-5-6-8-12(11)17-2/h5-8,13H,4,9-10H2,1-3H3,(H,15,16). The van der Waals surface area contributed by atoms with Gasteiger partial charge in [0.2, 0.25) is 5.91 Å². The van der Waals surface area contributed by atoms with Crippen LogP contribution in [-0.2, 0) is 14.3 Å². The van der Waals surface area contributed by atoms with Gasteiger partial charge < -0.3 is 19.5 Å². The fourth-order valence-electron chi connectivity index (χ4n) is 1.71. The molecule has 1 unspecified atom stereocenters. The molecule has 0 bridgehead atoms. The lowest BCUT2D eigenvalue weighted by atomic mass is 10.1. The van der Waals surface area contributed by atoms with Crippen LogP contribution in [0.2, 0.25) is 0 Å². The van der Waals surface area contributed by atoms with Gasteiger partial charge in [-0.15, -0.1) is 0 Å². The Labute approximate surface area is 113 Å². The highest BCUT2D eigenvalue weighted by Crippen LogP contribution is 2.26. The van der Waals surface area contributed by atoms with Crippen molar-refractivity contribution in [2.24, 2.45) is 0 Å². The molecule has 0 saturated carbocycles. The third-order valence-corrected chi connectivity index (χ3v) is 2.69. The zero-order valence-electron chi connectivity index (χ0n) is 11.6. The fraction of sp³-hybridized carbons (Fsp3) is 0.500. The summed E-state index contributed by atoms with van der Waals surface area (Å²) < 4.78 is 15.7. The summed E-state index contributed by atoms with van der Waals surface area (Å²) in [4.78, 5) is 11.5. The number of hydrogen-bond donors (Lipinski definition) is 1. The number of rotatable bonds is 8. The molecular formula is C14H21NO4. The van der Waals surface area contributed by atoms with E-state index in [0.29, 0.717) is 13.2 Å². The highest BCUT2D eigenvalue weighted by molar-refractivity contribution is 5.77. The van der Waals surface area contributed by atoms with Crippen molar-refractivity contribution in [2.75, 3.05) is 34.0 Å². The van der Waals surface area contributed by atoms with Gasteiger partial charge >= 0.3 is 0 Å². The first kappa shape index (κ1) is 15.5. The summed E-state index contributed by atoms with van der Waals surface area (Å²) >= 11 is 0. The van der Waals surface area contributed by atoms with Gasteiger partial charge in [0.25, 0.3) is 0 Å². The zero-order chi connectivity index (χ0) is 14.1. The summed E-state index contributed by atoms with van der Waals surface area (Å²) in [5.74, 6) is 0.590. The molecule has 106 valence electrons. The van der Waals surface area contributed by atoms with Gasteiger partial charge in [-0.1, -0.05) is 18.2 Å². The minimum absolute atomic E-state index is 0.0683. The molecule has 0 spiro atoms. The predicted molar refractivity (Wildman–Crippen MR) is 72.2 cm³/mol. The van der Waals surface area contributed by atoms with Crippen LogP contribution in [0.3, 0.4) is 0 Å². The molecule has 1 aromatic rings. The third-order valence-electron chi connectivity index (χ3n) is 2.69. The van der Waals surface area contributed by atoms with Crippen LogP contribution in [0, 0.1) is 0 Å². The molecule has 0 fully saturated rings. The van der Waals surface area contributed by atoms with E-state index in [9.17, 15) is 4.79 Å². The smallest absolute Gasteiger partial charge is 0.246 e. The minimum Gasteiger partial charge on any atom is -0.496 e. The number of hydrogen-bond acceptors (Lipinski definition) is 4. The topological polar surface area (TPSA) is 56.8 Å². The Hall–Kier alpha value is -1.59. The Balaban J connectivity index is 2.60. The van der Waals surface area contributed by atoms with E-state index in [1.54, 1.807) is 14.2 Å². The lowest BCUT2D eigenvalue weighted by Crippen LogP contribution is -2.32. The highest BCUT2D eigenvalue weighted by Gasteiger charge is 2.16. The molecule has 0 aliphatic heterocycles. The number of para-hydroxylation sites is 1. The maximum Gasteiger partial charge on any atom is 0.246 e.